The first-order valence-corrected chi connectivity index (χ1v) is 9.12. The van der Waals surface area contributed by atoms with Gasteiger partial charge in [-0.3, -0.25) is 0 Å². The van der Waals surface area contributed by atoms with Crippen molar-refractivity contribution in [2.24, 2.45) is 5.73 Å². The molecule has 28 heavy (non-hydrogen) atoms. The van der Waals surface area contributed by atoms with Crippen molar-refractivity contribution < 1.29 is 4.39 Å². The average molecular weight is 369 g/mol. The molecule has 4 rings (SSSR count). The summed E-state index contributed by atoms with van der Waals surface area (Å²) in [6.07, 6.45) is 0. The van der Waals surface area contributed by atoms with E-state index in [4.69, 9.17) is 5.73 Å². The fraction of sp³-hybridized carbons (Fsp3) is 0.0417. The monoisotopic (exact) mass is 369 g/mol. The van der Waals surface area contributed by atoms with E-state index in [1.165, 1.54) is 0 Å². The van der Waals surface area contributed by atoms with E-state index in [0.29, 0.717) is 23.6 Å². The molecule has 0 saturated carbocycles. The average Bonchev–Trinajstić information content (AvgIpc) is 2.76. The lowest BCUT2D eigenvalue weighted by molar-refractivity contribution is 0.630. The molecule has 0 amide bonds. The molecule has 0 aliphatic heterocycles. The van der Waals surface area contributed by atoms with Crippen molar-refractivity contribution >= 4 is 11.4 Å². The summed E-state index contributed by atoms with van der Waals surface area (Å²) in [4.78, 5) is 4.62. The number of nitrogens with zero attached hydrogens (tertiary/aromatic N) is 1. The first kappa shape index (κ1) is 17.9. The molecular weight excluding hydrogens is 349 g/mol. The van der Waals surface area contributed by atoms with Crippen molar-refractivity contribution in [2.75, 3.05) is 5.32 Å². The predicted molar refractivity (Wildman–Crippen MR) is 113 cm³/mol. The molecule has 0 aliphatic rings. The zero-order valence-corrected chi connectivity index (χ0v) is 15.3. The number of hydrogen-bond acceptors (Lipinski definition) is 3. The number of hydrogen-bond donors (Lipinski definition) is 2. The van der Waals surface area contributed by atoms with Gasteiger partial charge in [-0.1, -0.05) is 72.8 Å². The standard InChI is InChI=1S/C24H20FN3/c25-23-22(27-20-9-5-2-6-10-20)15-21(18-13-11-17(16-26)12-14-18)28-24(23)19-7-3-1-4-8-19/h1-15H,16,26H2,(H,27,28). The molecule has 0 spiro atoms. The minimum Gasteiger partial charge on any atom is -0.353 e. The van der Waals surface area contributed by atoms with Gasteiger partial charge in [-0.2, -0.15) is 0 Å². The number of halogens is 1. The number of pyridine rings is 1. The third-order valence-corrected chi connectivity index (χ3v) is 4.54. The van der Waals surface area contributed by atoms with Crippen LogP contribution in [0.2, 0.25) is 0 Å². The van der Waals surface area contributed by atoms with Gasteiger partial charge in [0.1, 0.15) is 5.69 Å². The molecule has 1 heterocycles. The molecule has 138 valence electrons. The molecule has 0 bridgehead atoms. The second-order valence-corrected chi connectivity index (χ2v) is 6.48. The summed E-state index contributed by atoms with van der Waals surface area (Å²) < 4.78 is 15.3. The van der Waals surface area contributed by atoms with E-state index in [2.05, 4.69) is 10.3 Å². The quantitative estimate of drug-likeness (QED) is 0.470. The smallest absolute Gasteiger partial charge is 0.172 e. The first-order chi connectivity index (χ1) is 13.7. The molecular formula is C24H20FN3. The van der Waals surface area contributed by atoms with Crippen molar-refractivity contribution in [1.29, 1.82) is 0 Å². The summed E-state index contributed by atoms with van der Waals surface area (Å²) in [5.41, 5.74) is 10.6. The van der Waals surface area contributed by atoms with Gasteiger partial charge in [-0.25, -0.2) is 9.37 Å². The number of para-hydroxylation sites is 1. The van der Waals surface area contributed by atoms with Crippen LogP contribution in [0, 0.1) is 5.82 Å². The van der Waals surface area contributed by atoms with Crippen LogP contribution in [0.15, 0.2) is 91.0 Å². The van der Waals surface area contributed by atoms with Crippen LogP contribution < -0.4 is 11.1 Å². The number of anilines is 2. The van der Waals surface area contributed by atoms with Crippen LogP contribution in [0.25, 0.3) is 22.5 Å². The number of benzene rings is 3. The van der Waals surface area contributed by atoms with Crippen molar-refractivity contribution in [3.63, 3.8) is 0 Å². The van der Waals surface area contributed by atoms with Gasteiger partial charge in [0, 0.05) is 23.4 Å². The maximum absolute atomic E-state index is 15.3. The van der Waals surface area contributed by atoms with Crippen LogP contribution in [0.5, 0.6) is 0 Å². The molecule has 3 nitrogen and oxygen atoms in total. The van der Waals surface area contributed by atoms with Crippen LogP contribution in [0.1, 0.15) is 5.56 Å². The zero-order valence-electron chi connectivity index (χ0n) is 15.3. The van der Waals surface area contributed by atoms with Gasteiger partial charge >= 0.3 is 0 Å². The minimum atomic E-state index is -0.377. The van der Waals surface area contributed by atoms with Crippen molar-refractivity contribution in [3.8, 4) is 22.5 Å². The Morgan fingerprint density at radius 1 is 0.786 bits per heavy atom. The second-order valence-electron chi connectivity index (χ2n) is 6.48. The SMILES string of the molecule is NCc1ccc(-c2cc(Nc3ccccc3)c(F)c(-c3ccccc3)n2)cc1. The summed E-state index contributed by atoms with van der Waals surface area (Å²) in [5.74, 6) is -0.377. The third-order valence-electron chi connectivity index (χ3n) is 4.54. The van der Waals surface area contributed by atoms with E-state index in [0.717, 1.165) is 22.4 Å². The van der Waals surface area contributed by atoms with Gasteiger partial charge in [0.05, 0.1) is 11.4 Å². The normalized spacial score (nSPS) is 10.6. The fourth-order valence-electron chi connectivity index (χ4n) is 3.04. The van der Waals surface area contributed by atoms with Gasteiger partial charge in [0.25, 0.3) is 0 Å². The Morgan fingerprint density at radius 3 is 2.07 bits per heavy atom. The van der Waals surface area contributed by atoms with Crippen molar-refractivity contribution in [1.82, 2.24) is 4.98 Å². The highest BCUT2D eigenvalue weighted by atomic mass is 19.1. The molecule has 3 N–H and O–H groups in total. The summed E-state index contributed by atoms with van der Waals surface area (Å²) >= 11 is 0. The molecule has 1 aromatic heterocycles. The number of nitrogens with one attached hydrogen (secondary N) is 1. The highest BCUT2D eigenvalue weighted by Crippen LogP contribution is 2.32. The summed E-state index contributed by atoms with van der Waals surface area (Å²) in [7, 11) is 0. The van der Waals surface area contributed by atoms with Crippen LogP contribution in [0.3, 0.4) is 0 Å². The van der Waals surface area contributed by atoms with E-state index in [9.17, 15) is 0 Å². The zero-order chi connectivity index (χ0) is 19.3. The van der Waals surface area contributed by atoms with Crippen LogP contribution in [-0.2, 0) is 6.54 Å². The molecule has 0 fully saturated rings. The lowest BCUT2D eigenvalue weighted by atomic mass is 10.0. The summed E-state index contributed by atoms with van der Waals surface area (Å²) in [6, 6.07) is 28.5. The van der Waals surface area contributed by atoms with Crippen LogP contribution in [0.4, 0.5) is 15.8 Å². The van der Waals surface area contributed by atoms with Crippen molar-refractivity contribution in [2.45, 2.75) is 6.54 Å². The number of nitrogens with two attached hydrogens (primary N) is 1. The van der Waals surface area contributed by atoms with Gasteiger partial charge in [-0.05, 0) is 23.8 Å². The van der Waals surface area contributed by atoms with Crippen LogP contribution >= 0.6 is 0 Å². The maximum Gasteiger partial charge on any atom is 0.172 e. The Morgan fingerprint density at radius 2 is 1.43 bits per heavy atom. The molecule has 4 heteroatoms. The number of aromatic nitrogens is 1. The maximum atomic E-state index is 15.3. The topological polar surface area (TPSA) is 50.9 Å². The first-order valence-electron chi connectivity index (χ1n) is 9.12. The summed E-state index contributed by atoms with van der Waals surface area (Å²) in [6.45, 7) is 0.479. The minimum absolute atomic E-state index is 0.319. The van der Waals surface area contributed by atoms with E-state index in [-0.39, 0.29) is 5.82 Å². The molecule has 0 atom stereocenters. The highest BCUT2D eigenvalue weighted by molar-refractivity contribution is 5.75. The molecule has 0 aliphatic carbocycles. The predicted octanol–water partition coefficient (Wildman–Crippen LogP) is 5.76. The van der Waals surface area contributed by atoms with E-state index in [1.54, 1.807) is 6.07 Å². The Balaban J connectivity index is 1.84. The third kappa shape index (κ3) is 3.77. The fourth-order valence-corrected chi connectivity index (χ4v) is 3.04. The van der Waals surface area contributed by atoms with Gasteiger partial charge < -0.3 is 11.1 Å². The van der Waals surface area contributed by atoms with Gasteiger partial charge in [0.2, 0.25) is 0 Å². The van der Waals surface area contributed by atoms with Crippen molar-refractivity contribution in [3.05, 3.63) is 102 Å². The Bertz CT molecular complexity index is 1060. The Hall–Kier alpha value is -3.50. The van der Waals surface area contributed by atoms with Gasteiger partial charge in [-0.15, -0.1) is 0 Å². The molecule has 0 unspecified atom stereocenters. The van der Waals surface area contributed by atoms with E-state index < -0.39 is 0 Å². The second kappa shape index (κ2) is 8.03. The molecule has 3 aromatic carbocycles. The molecule has 0 radical (unpaired) electrons. The molecule has 4 aromatic rings. The Kier molecular flexibility index (Phi) is 5.13. The number of rotatable bonds is 5. The summed E-state index contributed by atoms with van der Waals surface area (Å²) in [5, 5.41) is 3.18. The highest BCUT2D eigenvalue weighted by Gasteiger charge is 2.15. The van der Waals surface area contributed by atoms with E-state index in [1.807, 2.05) is 84.9 Å². The van der Waals surface area contributed by atoms with E-state index >= 15 is 4.39 Å². The lowest BCUT2D eigenvalue weighted by Gasteiger charge is -2.14. The van der Waals surface area contributed by atoms with Gasteiger partial charge in [0.15, 0.2) is 5.82 Å². The molecule has 0 saturated heterocycles. The largest absolute Gasteiger partial charge is 0.353 e. The van der Waals surface area contributed by atoms with Crippen LogP contribution in [-0.4, -0.2) is 4.98 Å². The lowest BCUT2D eigenvalue weighted by Crippen LogP contribution is -2.01. The Labute approximate surface area is 163 Å².